The van der Waals surface area contributed by atoms with E-state index in [2.05, 4.69) is 18.1 Å². The molecule has 0 saturated heterocycles. The predicted octanol–water partition coefficient (Wildman–Crippen LogP) is 3.00. The SMILES string of the molecule is CCCn1cc(C(O)c2c(C)cc(C)cc2OC)cn1. The molecular weight excluding hydrogens is 252 g/mol. The Balaban J connectivity index is 2.39. The van der Waals surface area contributed by atoms with Crippen LogP contribution >= 0.6 is 0 Å². The minimum atomic E-state index is -0.712. The minimum Gasteiger partial charge on any atom is -0.496 e. The average molecular weight is 274 g/mol. The Morgan fingerprint density at radius 3 is 2.75 bits per heavy atom. The predicted molar refractivity (Wildman–Crippen MR) is 79.0 cm³/mol. The van der Waals surface area contributed by atoms with Crippen LogP contribution in [-0.4, -0.2) is 22.0 Å². The van der Waals surface area contributed by atoms with Crippen LogP contribution in [0.2, 0.25) is 0 Å². The van der Waals surface area contributed by atoms with Crippen LogP contribution in [0, 0.1) is 13.8 Å². The van der Waals surface area contributed by atoms with E-state index in [-0.39, 0.29) is 0 Å². The van der Waals surface area contributed by atoms with Gasteiger partial charge in [0.05, 0.1) is 13.3 Å². The second kappa shape index (κ2) is 6.09. The summed E-state index contributed by atoms with van der Waals surface area (Å²) in [6.45, 7) is 6.97. The van der Waals surface area contributed by atoms with Crippen molar-refractivity contribution < 1.29 is 9.84 Å². The van der Waals surface area contributed by atoms with Crippen LogP contribution in [0.15, 0.2) is 24.5 Å². The highest BCUT2D eigenvalue weighted by atomic mass is 16.5. The van der Waals surface area contributed by atoms with E-state index in [0.29, 0.717) is 0 Å². The van der Waals surface area contributed by atoms with Crippen LogP contribution in [0.5, 0.6) is 5.75 Å². The van der Waals surface area contributed by atoms with Crippen LogP contribution in [0.4, 0.5) is 0 Å². The van der Waals surface area contributed by atoms with Gasteiger partial charge in [-0.1, -0.05) is 13.0 Å². The quantitative estimate of drug-likeness (QED) is 0.911. The Hall–Kier alpha value is -1.81. The Kier molecular flexibility index (Phi) is 4.45. The molecule has 2 rings (SSSR count). The van der Waals surface area contributed by atoms with Gasteiger partial charge < -0.3 is 9.84 Å². The summed E-state index contributed by atoms with van der Waals surface area (Å²) in [6, 6.07) is 4.00. The first kappa shape index (κ1) is 14.6. The molecule has 20 heavy (non-hydrogen) atoms. The molecule has 1 unspecified atom stereocenters. The highest BCUT2D eigenvalue weighted by Crippen LogP contribution is 2.33. The number of hydrogen-bond acceptors (Lipinski definition) is 3. The van der Waals surface area contributed by atoms with E-state index in [1.54, 1.807) is 13.3 Å². The maximum absolute atomic E-state index is 10.6. The number of aliphatic hydroxyl groups excluding tert-OH is 1. The fourth-order valence-corrected chi connectivity index (χ4v) is 2.50. The van der Waals surface area contributed by atoms with Crippen LogP contribution in [-0.2, 0) is 6.54 Å². The number of benzene rings is 1. The molecule has 0 aliphatic carbocycles. The van der Waals surface area contributed by atoms with Crippen molar-refractivity contribution in [3.8, 4) is 5.75 Å². The second-order valence-corrected chi connectivity index (χ2v) is 5.14. The molecule has 1 aromatic carbocycles. The lowest BCUT2D eigenvalue weighted by molar-refractivity contribution is 0.213. The fraction of sp³-hybridized carbons (Fsp3) is 0.438. The number of hydrogen-bond donors (Lipinski definition) is 1. The molecular formula is C16H22N2O2. The number of ether oxygens (including phenoxy) is 1. The van der Waals surface area contributed by atoms with E-state index in [4.69, 9.17) is 4.74 Å². The molecule has 0 saturated carbocycles. The molecule has 1 aromatic heterocycles. The summed E-state index contributed by atoms with van der Waals surface area (Å²) in [5.41, 5.74) is 3.76. The second-order valence-electron chi connectivity index (χ2n) is 5.14. The maximum atomic E-state index is 10.6. The van der Waals surface area contributed by atoms with E-state index < -0.39 is 6.10 Å². The van der Waals surface area contributed by atoms with Crippen molar-refractivity contribution in [1.82, 2.24) is 9.78 Å². The fourth-order valence-electron chi connectivity index (χ4n) is 2.50. The van der Waals surface area contributed by atoms with Gasteiger partial charge in [-0.3, -0.25) is 4.68 Å². The van der Waals surface area contributed by atoms with Gasteiger partial charge in [0, 0.05) is 23.9 Å². The molecule has 0 aliphatic rings. The molecule has 2 aromatic rings. The number of nitrogens with zero attached hydrogens (tertiary/aromatic N) is 2. The summed E-state index contributed by atoms with van der Waals surface area (Å²) in [5, 5.41) is 14.9. The Morgan fingerprint density at radius 2 is 2.10 bits per heavy atom. The molecule has 0 aliphatic heterocycles. The molecule has 0 radical (unpaired) electrons. The van der Waals surface area contributed by atoms with Gasteiger partial charge >= 0.3 is 0 Å². The minimum absolute atomic E-state index is 0.712. The molecule has 4 heteroatoms. The van der Waals surface area contributed by atoms with Crippen molar-refractivity contribution in [3.05, 3.63) is 46.8 Å². The summed E-state index contributed by atoms with van der Waals surface area (Å²) in [4.78, 5) is 0. The summed E-state index contributed by atoms with van der Waals surface area (Å²) >= 11 is 0. The lowest BCUT2D eigenvalue weighted by atomic mass is 9.96. The van der Waals surface area contributed by atoms with E-state index >= 15 is 0 Å². The summed E-state index contributed by atoms with van der Waals surface area (Å²) in [5.74, 6) is 0.721. The summed E-state index contributed by atoms with van der Waals surface area (Å²) in [7, 11) is 1.63. The third kappa shape index (κ3) is 2.85. The van der Waals surface area contributed by atoms with Crippen molar-refractivity contribution in [1.29, 1.82) is 0 Å². The highest BCUT2D eigenvalue weighted by molar-refractivity contribution is 5.47. The van der Waals surface area contributed by atoms with Crippen molar-refractivity contribution in [2.75, 3.05) is 7.11 Å². The standard InChI is InChI=1S/C16H22N2O2/c1-5-6-18-10-13(9-17-18)16(19)15-12(3)7-11(2)8-14(15)20-4/h7-10,16,19H,5-6H2,1-4H3. The first-order valence-electron chi connectivity index (χ1n) is 6.92. The zero-order valence-electron chi connectivity index (χ0n) is 12.6. The first-order valence-corrected chi connectivity index (χ1v) is 6.92. The number of methoxy groups -OCH3 is 1. The number of aromatic nitrogens is 2. The monoisotopic (exact) mass is 274 g/mol. The molecule has 4 nitrogen and oxygen atoms in total. The Morgan fingerprint density at radius 1 is 1.35 bits per heavy atom. The molecule has 1 N–H and O–H groups in total. The van der Waals surface area contributed by atoms with Gasteiger partial charge in [-0.05, 0) is 37.5 Å². The molecule has 1 heterocycles. The molecule has 0 fully saturated rings. The molecule has 0 amide bonds. The van der Waals surface area contributed by atoms with Gasteiger partial charge in [-0.25, -0.2) is 0 Å². The van der Waals surface area contributed by atoms with Crippen LogP contribution < -0.4 is 4.74 Å². The van der Waals surface area contributed by atoms with Crippen molar-refractivity contribution in [2.45, 2.75) is 39.8 Å². The average Bonchev–Trinajstić information content (AvgIpc) is 2.86. The van der Waals surface area contributed by atoms with Gasteiger partial charge in [-0.2, -0.15) is 5.10 Å². The van der Waals surface area contributed by atoms with Gasteiger partial charge in [-0.15, -0.1) is 0 Å². The molecule has 0 spiro atoms. The lowest BCUT2D eigenvalue weighted by Gasteiger charge is -2.17. The van der Waals surface area contributed by atoms with E-state index in [9.17, 15) is 5.11 Å². The number of aliphatic hydroxyl groups is 1. The zero-order valence-corrected chi connectivity index (χ0v) is 12.6. The number of rotatable bonds is 5. The molecule has 108 valence electrons. The first-order chi connectivity index (χ1) is 9.56. The van der Waals surface area contributed by atoms with Crippen LogP contribution in [0.1, 0.15) is 41.7 Å². The third-order valence-electron chi connectivity index (χ3n) is 3.41. The third-order valence-corrected chi connectivity index (χ3v) is 3.41. The van der Waals surface area contributed by atoms with Crippen molar-refractivity contribution in [3.63, 3.8) is 0 Å². The largest absolute Gasteiger partial charge is 0.496 e. The zero-order chi connectivity index (χ0) is 14.7. The lowest BCUT2D eigenvalue weighted by Crippen LogP contribution is -2.05. The topological polar surface area (TPSA) is 47.3 Å². The van der Waals surface area contributed by atoms with Crippen LogP contribution in [0.25, 0.3) is 0 Å². The Bertz CT molecular complexity index is 590. The Labute approximate surface area is 120 Å². The van der Waals surface area contributed by atoms with Crippen molar-refractivity contribution >= 4 is 0 Å². The van der Waals surface area contributed by atoms with Crippen molar-refractivity contribution in [2.24, 2.45) is 0 Å². The van der Waals surface area contributed by atoms with Gasteiger partial charge in [0.2, 0.25) is 0 Å². The van der Waals surface area contributed by atoms with E-state index in [0.717, 1.165) is 41.0 Å². The summed E-state index contributed by atoms with van der Waals surface area (Å²) < 4.78 is 7.27. The van der Waals surface area contributed by atoms with E-state index in [1.165, 1.54) is 0 Å². The smallest absolute Gasteiger partial charge is 0.125 e. The summed E-state index contributed by atoms with van der Waals surface area (Å²) in [6.07, 6.45) is 3.92. The van der Waals surface area contributed by atoms with Gasteiger partial charge in [0.15, 0.2) is 0 Å². The number of aryl methyl sites for hydroxylation is 3. The molecule has 1 atom stereocenters. The molecule has 0 bridgehead atoms. The maximum Gasteiger partial charge on any atom is 0.125 e. The normalized spacial score (nSPS) is 12.4. The highest BCUT2D eigenvalue weighted by Gasteiger charge is 2.19. The van der Waals surface area contributed by atoms with Gasteiger partial charge in [0.1, 0.15) is 11.9 Å². The van der Waals surface area contributed by atoms with Crippen LogP contribution in [0.3, 0.4) is 0 Å². The van der Waals surface area contributed by atoms with Gasteiger partial charge in [0.25, 0.3) is 0 Å². The van der Waals surface area contributed by atoms with E-state index in [1.807, 2.05) is 30.8 Å².